The Balaban J connectivity index is 1.62. The van der Waals surface area contributed by atoms with Crippen LogP contribution in [0.5, 0.6) is 0 Å². The minimum Gasteiger partial charge on any atom is -0.467 e. The summed E-state index contributed by atoms with van der Waals surface area (Å²) in [6.45, 7) is 0.316. The number of furan rings is 1. The summed E-state index contributed by atoms with van der Waals surface area (Å²) in [5.74, 6) is 0.537. The molecule has 0 unspecified atom stereocenters. The van der Waals surface area contributed by atoms with Crippen LogP contribution in [0.25, 0.3) is 0 Å². The predicted molar refractivity (Wildman–Crippen MR) is 85.4 cm³/mol. The summed E-state index contributed by atoms with van der Waals surface area (Å²) in [6, 6.07) is 12.7. The summed E-state index contributed by atoms with van der Waals surface area (Å²) in [5, 5.41) is 5.70. The van der Waals surface area contributed by atoms with E-state index in [4.69, 9.17) is 4.42 Å². The first-order valence-corrected chi connectivity index (χ1v) is 7.87. The molecule has 3 rings (SSSR count). The molecule has 1 saturated carbocycles. The van der Waals surface area contributed by atoms with Crippen molar-refractivity contribution in [2.45, 2.75) is 31.8 Å². The Hall–Kier alpha value is -2.56. The van der Waals surface area contributed by atoms with Crippen LogP contribution in [-0.2, 0) is 22.6 Å². The highest BCUT2D eigenvalue weighted by Crippen LogP contribution is 2.29. The summed E-state index contributed by atoms with van der Waals surface area (Å²) in [6.07, 6.45) is 3.87. The molecule has 1 heterocycles. The van der Waals surface area contributed by atoms with Crippen molar-refractivity contribution >= 4 is 11.8 Å². The van der Waals surface area contributed by atoms with Gasteiger partial charge in [-0.25, -0.2) is 0 Å². The molecule has 2 aromatic rings. The number of amides is 2. The third kappa shape index (κ3) is 4.45. The summed E-state index contributed by atoms with van der Waals surface area (Å²) >= 11 is 0. The standard InChI is InChI=1S/C18H20N2O3/c21-17(14-8-9-14)20-16(11-13-5-2-1-3-6-13)18(22)19-12-15-7-4-10-23-15/h1-7,10,14,16H,8-9,11-12H2,(H,19,22)(H,20,21)/t16-/m1/s1. The van der Waals surface area contributed by atoms with Crippen LogP contribution in [0.1, 0.15) is 24.2 Å². The van der Waals surface area contributed by atoms with Gasteiger partial charge in [0.2, 0.25) is 11.8 Å². The van der Waals surface area contributed by atoms with Crippen molar-refractivity contribution in [1.82, 2.24) is 10.6 Å². The van der Waals surface area contributed by atoms with Crippen LogP contribution in [0.4, 0.5) is 0 Å². The van der Waals surface area contributed by atoms with Crippen LogP contribution in [0.15, 0.2) is 53.1 Å². The van der Waals surface area contributed by atoms with Gasteiger partial charge in [-0.15, -0.1) is 0 Å². The van der Waals surface area contributed by atoms with Crippen molar-refractivity contribution in [3.63, 3.8) is 0 Å². The lowest BCUT2D eigenvalue weighted by Gasteiger charge is -2.18. The van der Waals surface area contributed by atoms with E-state index in [1.165, 1.54) is 0 Å². The fraction of sp³-hybridized carbons (Fsp3) is 0.333. The number of nitrogens with one attached hydrogen (secondary N) is 2. The Morgan fingerprint density at radius 3 is 2.57 bits per heavy atom. The number of hydrogen-bond acceptors (Lipinski definition) is 3. The maximum absolute atomic E-state index is 12.5. The second kappa shape index (κ2) is 7.13. The monoisotopic (exact) mass is 312 g/mol. The van der Waals surface area contributed by atoms with Crippen LogP contribution in [0, 0.1) is 5.92 Å². The second-order valence-electron chi connectivity index (χ2n) is 5.82. The Kier molecular flexibility index (Phi) is 4.76. The molecule has 0 spiro atoms. The van der Waals surface area contributed by atoms with Crippen molar-refractivity contribution in [3.8, 4) is 0 Å². The highest BCUT2D eigenvalue weighted by molar-refractivity contribution is 5.89. The summed E-state index contributed by atoms with van der Waals surface area (Å²) in [4.78, 5) is 24.5. The van der Waals surface area contributed by atoms with Gasteiger partial charge in [0.15, 0.2) is 0 Å². The molecule has 2 amide bonds. The quantitative estimate of drug-likeness (QED) is 0.822. The van der Waals surface area contributed by atoms with Crippen molar-refractivity contribution in [2.24, 2.45) is 5.92 Å². The van der Waals surface area contributed by atoms with Gasteiger partial charge < -0.3 is 15.1 Å². The fourth-order valence-corrected chi connectivity index (χ4v) is 2.40. The van der Waals surface area contributed by atoms with Crippen molar-refractivity contribution < 1.29 is 14.0 Å². The molecule has 5 nitrogen and oxygen atoms in total. The van der Waals surface area contributed by atoms with Crippen molar-refractivity contribution in [1.29, 1.82) is 0 Å². The smallest absolute Gasteiger partial charge is 0.243 e. The summed E-state index contributed by atoms with van der Waals surface area (Å²) < 4.78 is 5.21. The van der Waals surface area contributed by atoms with E-state index in [1.807, 2.05) is 30.3 Å². The Bertz CT molecular complexity index is 648. The van der Waals surface area contributed by atoms with Crippen LogP contribution in [-0.4, -0.2) is 17.9 Å². The minimum atomic E-state index is -0.569. The number of rotatable bonds is 7. The molecule has 1 atom stereocenters. The first-order chi connectivity index (χ1) is 11.2. The van der Waals surface area contributed by atoms with Crippen LogP contribution < -0.4 is 10.6 Å². The van der Waals surface area contributed by atoms with Gasteiger partial charge >= 0.3 is 0 Å². The molecule has 0 radical (unpaired) electrons. The summed E-state index contributed by atoms with van der Waals surface area (Å²) in [7, 11) is 0. The molecule has 2 N–H and O–H groups in total. The zero-order valence-corrected chi connectivity index (χ0v) is 12.8. The van der Waals surface area contributed by atoms with Gasteiger partial charge in [-0.05, 0) is 30.5 Å². The topological polar surface area (TPSA) is 71.3 Å². The van der Waals surface area contributed by atoms with E-state index >= 15 is 0 Å². The minimum absolute atomic E-state index is 0.0286. The normalized spacial score (nSPS) is 15.0. The van der Waals surface area contributed by atoms with Gasteiger partial charge in [0.05, 0.1) is 12.8 Å². The number of carbonyl (C=O) groups is 2. The molecule has 0 aliphatic heterocycles. The molecule has 1 aromatic heterocycles. The van der Waals surface area contributed by atoms with Gasteiger partial charge in [-0.2, -0.15) is 0 Å². The SMILES string of the molecule is O=C(N[C@H](Cc1ccccc1)C(=O)NCc1ccco1)C1CC1. The zero-order valence-electron chi connectivity index (χ0n) is 12.8. The molecular formula is C18H20N2O3. The highest BCUT2D eigenvalue weighted by atomic mass is 16.3. The first kappa shape index (κ1) is 15.3. The molecule has 0 bridgehead atoms. The number of carbonyl (C=O) groups excluding carboxylic acids is 2. The average Bonchev–Trinajstić information content (AvgIpc) is 3.29. The molecule has 5 heteroatoms. The van der Waals surface area contributed by atoms with E-state index in [0.717, 1.165) is 18.4 Å². The van der Waals surface area contributed by atoms with E-state index in [9.17, 15) is 9.59 Å². The maximum Gasteiger partial charge on any atom is 0.243 e. The third-order valence-electron chi connectivity index (χ3n) is 3.88. The van der Waals surface area contributed by atoms with Gasteiger partial charge in [0.25, 0.3) is 0 Å². The van der Waals surface area contributed by atoms with E-state index in [2.05, 4.69) is 10.6 Å². The van der Waals surface area contributed by atoms with Gasteiger partial charge in [0.1, 0.15) is 11.8 Å². The van der Waals surface area contributed by atoms with E-state index < -0.39 is 6.04 Å². The lowest BCUT2D eigenvalue weighted by atomic mass is 10.0. The van der Waals surface area contributed by atoms with Gasteiger partial charge in [-0.3, -0.25) is 9.59 Å². The molecule has 23 heavy (non-hydrogen) atoms. The Morgan fingerprint density at radius 1 is 1.13 bits per heavy atom. The Morgan fingerprint density at radius 2 is 1.91 bits per heavy atom. The molecule has 1 fully saturated rings. The number of benzene rings is 1. The fourth-order valence-electron chi connectivity index (χ4n) is 2.40. The zero-order chi connectivity index (χ0) is 16.1. The molecule has 120 valence electrons. The van der Waals surface area contributed by atoms with E-state index in [-0.39, 0.29) is 17.7 Å². The maximum atomic E-state index is 12.5. The largest absolute Gasteiger partial charge is 0.467 e. The van der Waals surface area contributed by atoms with Crippen molar-refractivity contribution in [3.05, 3.63) is 60.1 Å². The molecule has 0 saturated heterocycles. The second-order valence-corrected chi connectivity index (χ2v) is 5.82. The molecule has 1 aromatic carbocycles. The van der Waals surface area contributed by atoms with Crippen molar-refractivity contribution in [2.75, 3.05) is 0 Å². The molecule has 1 aliphatic rings. The Labute approximate surface area is 135 Å². The van der Waals surface area contributed by atoms with Crippen LogP contribution >= 0.6 is 0 Å². The summed E-state index contributed by atoms with van der Waals surface area (Å²) in [5.41, 5.74) is 1.02. The first-order valence-electron chi connectivity index (χ1n) is 7.87. The molecule has 1 aliphatic carbocycles. The van der Waals surface area contributed by atoms with Crippen LogP contribution in [0.3, 0.4) is 0 Å². The lowest BCUT2D eigenvalue weighted by Crippen LogP contribution is -2.48. The van der Waals surface area contributed by atoms with Crippen LogP contribution in [0.2, 0.25) is 0 Å². The van der Waals surface area contributed by atoms with E-state index in [1.54, 1.807) is 18.4 Å². The number of hydrogen-bond donors (Lipinski definition) is 2. The third-order valence-corrected chi connectivity index (χ3v) is 3.88. The highest BCUT2D eigenvalue weighted by Gasteiger charge is 2.32. The van der Waals surface area contributed by atoms with E-state index in [0.29, 0.717) is 18.7 Å². The van der Waals surface area contributed by atoms with Gasteiger partial charge in [0, 0.05) is 12.3 Å². The average molecular weight is 312 g/mol. The lowest BCUT2D eigenvalue weighted by molar-refractivity contribution is -0.129. The predicted octanol–water partition coefficient (Wildman–Crippen LogP) is 2.03. The van der Waals surface area contributed by atoms with Gasteiger partial charge in [-0.1, -0.05) is 30.3 Å². The molecular weight excluding hydrogens is 292 g/mol.